The largest absolute Gasteiger partial charge is 1.00 e. The summed E-state index contributed by atoms with van der Waals surface area (Å²) in [4.78, 5) is -1.62. The first-order chi connectivity index (χ1) is 19.7. The summed E-state index contributed by atoms with van der Waals surface area (Å²) in [6.45, 7) is 0. The summed E-state index contributed by atoms with van der Waals surface area (Å²) >= 11 is 0. The Morgan fingerprint density at radius 1 is 0.532 bits per heavy atom. The summed E-state index contributed by atoms with van der Waals surface area (Å²) in [5.41, 5.74) is -26.0. The van der Waals surface area contributed by atoms with E-state index in [1.54, 1.807) is 0 Å². The molecular weight excluding hydrogens is 772 g/mol. The Labute approximate surface area is 264 Å². The third-order valence-electron chi connectivity index (χ3n) is 5.49. The summed E-state index contributed by atoms with van der Waals surface area (Å²) in [6, 6.07) is -7.20. The van der Waals surface area contributed by atoms with Gasteiger partial charge in [-0.1, -0.05) is 0 Å². The topological polar surface area (TPSA) is 66.4 Å². The van der Waals surface area contributed by atoms with Crippen LogP contribution in [0.5, 0.6) is 5.75 Å². The fourth-order valence-electron chi connectivity index (χ4n) is 3.48. The number of ether oxygens (including phenoxy) is 1. The second-order valence-corrected chi connectivity index (χ2v) is 9.68. The van der Waals surface area contributed by atoms with Crippen molar-refractivity contribution >= 4 is 10.1 Å². The van der Waals surface area contributed by atoms with Gasteiger partial charge in [0.15, 0.2) is 0 Å². The molecule has 0 aliphatic heterocycles. The molecule has 0 aliphatic carbocycles. The molecule has 4 nitrogen and oxygen atoms in total. The van der Waals surface area contributed by atoms with E-state index in [0.717, 1.165) is 0 Å². The van der Waals surface area contributed by atoms with Gasteiger partial charge in [0.05, 0.1) is 10.5 Å². The van der Waals surface area contributed by atoms with Gasteiger partial charge in [-0.3, -0.25) is 0 Å². The maximum absolute atomic E-state index is 15.3. The minimum atomic E-state index is -9.84. The minimum Gasteiger partial charge on any atom is -0.744 e. The van der Waals surface area contributed by atoms with E-state index in [0.29, 0.717) is 0 Å². The van der Waals surface area contributed by atoms with Crippen LogP contribution < -0.4 is 34.3 Å². The third-order valence-corrected chi connectivity index (χ3v) is 6.34. The number of alkyl halides is 22. The minimum absolute atomic E-state index is 0. The van der Waals surface area contributed by atoms with Crippen LogP contribution in [-0.4, -0.2) is 67.3 Å². The maximum Gasteiger partial charge on any atom is 1.00 e. The molecule has 0 saturated carbocycles. The van der Waals surface area contributed by atoms with Gasteiger partial charge in [-0.25, -0.2) is 12.8 Å². The summed E-state index contributed by atoms with van der Waals surface area (Å²) in [7, 11) is -5.70. The Morgan fingerprint density at radius 2 is 0.851 bits per heavy atom. The summed E-state index contributed by atoms with van der Waals surface area (Å²) in [5.74, 6) is -30.6. The first kappa shape index (κ1) is 45.1. The molecule has 0 heterocycles. The van der Waals surface area contributed by atoms with Crippen molar-refractivity contribution in [3.8, 4) is 5.75 Å². The molecule has 1 unspecified atom stereocenters. The van der Waals surface area contributed by atoms with E-state index in [9.17, 15) is 105 Å². The number of halogens is 23. The predicted octanol–water partition coefficient (Wildman–Crippen LogP) is 5.57. The molecular formula is C18H4F23NaO4S. The second-order valence-electron chi connectivity index (χ2n) is 8.30. The first-order valence-electron chi connectivity index (χ1n) is 10.0. The van der Waals surface area contributed by atoms with E-state index < -0.39 is 104 Å². The first-order valence-corrected chi connectivity index (χ1v) is 11.4. The van der Waals surface area contributed by atoms with Crippen LogP contribution in [0.2, 0.25) is 0 Å². The van der Waals surface area contributed by atoms with Crippen molar-refractivity contribution in [3.63, 3.8) is 0 Å². The Hall–Kier alpha value is -1.94. The van der Waals surface area contributed by atoms with E-state index in [2.05, 4.69) is 4.74 Å². The van der Waals surface area contributed by atoms with Crippen molar-refractivity contribution in [2.75, 3.05) is 0 Å². The summed E-state index contributed by atoms with van der Waals surface area (Å²) in [5, 5.41) is 0. The van der Waals surface area contributed by atoms with Gasteiger partial charge in [-0.2, -0.15) is 96.6 Å². The predicted molar refractivity (Wildman–Crippen MR) is 94.6 cm³/mol. The molecule has 0 saturated heterocycles. The van der Waals surface area contributed by atoms with Gasteiger partial charge in [0.2, 0.25) is 5.41 Å². The number of allylic oxidation sites excluding steroid dienone is 1. The zero-order chi connectivity index (χ0) is 37.3. The molecule has 0 aromatic heterocycles. The molecule has 0 bridgehead atoms. The molecule has 47 heavy (non-hydrogen) atoms. The number of rotatable bonds is 8. The molecule has 1 aromatic rings. The molecule has 0 spiro atoms. The van der Waals surface area contributed by atoms with Gasteiger partial charge < -0.3 is 9.29 Å². The summed E-state index contributed by atoms with van der Waals surface area (Å²) < 4.78 is 352. The van der Waals surface area contributed by atoms with Crippen molar-refractivity contribution in [2.24, 2.45) is 5.41 Å². The maximum atomic E-state index is 15.3. The molecule has 268 valence electrons. The van der Waals surface area contributed by atoms with Gasteiger partial charge in [0, 0.05) is 0 Å². The van der Waals surface area contributed by atoms with Crippen LogP contribution in [-0.2, 0) is 10.1 Å². The van der Waals surface area contributed by atoms with Crippen LogP contribution in [0.4, 0.5) is 101 Å². The van der Waals surface area contributed by atoms with Crippen molar-refractivity contribution < 1.29 is 148 Å². The fourth-order valence-corrected chi connectivity index (χ4v) is 3.95. The van der Waals surface area contributed by atoms with Gasteiger partial charge in [-0.05, 0) is 24.3 Å². The molecule has 0 amide bonds. The standard InChI is InChI=1S/C18H5F23O4S.Na/c19-8(45-5-1-3-6(4-2-5)46(42,43)44)7(10(20,15(30,31)32)13(25,26)18(39,40)41)9(14(27,28)29,11(21,22)16(33,34)35)12(23,24)17(36,37)38;/h1-4H,(H,42,43,44);/q;+1/p-1/b8-7+;. The molecule has 0 radical (unpaired) electrons. The average Bonchev–Trinajstić information content (AvgIpc) is 2.77. The van der Waals surface area contributed by atoms with Crippen LogP contribution in [0.1, 0.15) is 0 Å². The fraction of sp³-hybridized carbons (Fsp3) is 0.556. The molecule has 0 aliphatic rings. The zero-order valence-electron chi connectivity index (χ0n) is 21.0. The average molecular weight is 776 g/mol. The molecule has 0 N–H and O–H groups in total. The van der Waals surface area contributed by atoms with Crippen LogP contribution in [0.3, 0.4) is 0 Å². The number of benzene rings is 1. The molecule has 0 fully saturated rings. The van der Waals surface area contributed by atoms with E-state index in [1.807, 2.05) is 0 Å². The monoisotopic (exact) mass is 776 g/mol. The third kappa shape index (κ3) is 6.93. The zero-order valence-corrected chi connectivity index (χ0v) is 23.9. The van der Waals surface area contributed by atoms with Crippen LogP contribution in [0, 0.1) is 5.41 Å². The van der Waals surface area contributed by atoms with Crippen molar-refractivity contribution in [1.82, 2.24) is 0 Å². The normalized spacial score (nSPS) is 17.0. The Morgan fingerprint density at radius 3 is 1.09 bits per heavy atom. The van der Waals surface area contributed by atoms with Gasteiger partial charge in [0.25, 0.3) is 6.01 Å². The van der Waals surface area contributed by atoms with Crippen molar-refractivity contribution in [3.05, 3.63) is 35.9 Å². The smallest absolute Gasteiger partial charge is 0.744 e. The summed E-state index contributed by atoms with van der Waals surface area (Å²) in [6.07, 6.45) is -44.8. The van der Waals surface area contributed by atoms with Gasteiger partial charge in [0.1, 0.15) is 15.9 Å². The molecule has 1 atom stereocenters. The quantitative estimate of drug-likeness (QED) is 0.150. The van der Waals surface area contributed by atoms with E-state index in [-0.39, 0.29) is 41.7 Å². The van der Waals surface area contributed by atoms with Crippen LogP contribution >= 0.6 is 0 Å². The number of hydrogen-bond donors (Lipinski definition) is 0. The van der Waals surface area contributed by atoms with Gasteiger partial charge >= 0.3 is 83.9 Å². The Bertz CT molecular complexity index is 1390. The molecule has 29 heteroatoms. The van der Waals surface area contributed by atoms with Crippen molar-refractivity contribution in [2.45, 2.75) is 59.2 Å². The SMILES string of the molecule is O=S(=O)([O-])c1ccc(O/C(F)=C(/C(F)(C(F)(F)F)C(F)(F)C(F)(F)F)C(C(F)(F)F)(C(F)(F)C(F)(F)F)C(F)(F)C(F)(F)F)cc1.[Na+]. The van der Waals surface area contributed by atoms with E-state index in [1.165, 1.54) is 0 Å². The Balaban J connectivity index is 0.0000212. The van der Waals surface area contributed by atoms with E-state index in [4.69, 9.17) is 0 Å². The molecule has 1 rings (SSSR count). The van der Waals surface area contributed by atoms with Crippen LogP contribution in [0.15, 0.2) is 40.7 Å². The van der Waals surface area contributed by atoms with Gasteiger partial charge in [-0.15, -0.1) is 0 Å². The van der Waals surface area contributed by atoms with Crippen LogP contribution in [0.25, 0.3) is 0 Å². The van der Waals surface area contributed by atoms with E-state index >= 15 is 8.78 Å². The molecule has 1 aromatic carbocycles. The number of hydrogen-bond acceptors (Lipinski definition) is 4. The Kier molecular flexibility index (Phi) is 11.9. The van der Waals surface area contributed by atoms with Crippen molar-refractivity contribution in [1.29, 1.82) is 0 Å². The second kappa shape index (κ2) is 12.4.